The van der Waals surface area contributed by atoms with Gasteiger partial charge in [-0.3, -0.25) is 4.98 Å². The van der Waals surface area contributed by atoms with Crippen LogP contribution in [0, 0.1) is 11.6 Å². The van der Waals surface area contributed by atoms with Crippen molar-refractivity contribution in [2.75, 3.05) is 0 Å². The maximum atomic E-state index is 13.4. The summed E-state index contributed by atoms with van der Waals surface area (Å²) in [6.45, 7) is 4.86. The maximum Gasteiger partial charge on any atom is 0.165 e. The molecule has 5 heteroatoms. The van der Waals surface area contributed by atoms with Gasteiger partial charge in [0, 0.05) is 18.7 Å². The van der Waals surface area contributed by atoms with E-state index in [1.165, 1.54) is 0 Å². The van der Waals surface area contributed by atoms with Crippen LogP contribution < -0.4 is 10.1 Å². The molecule has 1 aromatic carbocycles. The monoisotopic (exact) mass is 292 g/mol. The van der Waals surface area contributed by atoms with Gasteiger partial charge in [0.2, 0.25) is 0 Å². The van der Waals surface area contributed by atoms with Crippen LogP contribution in [0.5, 0.6) is 5.75 Å². The molecular formula is C16H18F2N2O. The Hall–Kier alpha value is -2.01. The predicted octanol–water partition coefficient (Wildman–Crippen LogP) is 3.44. The average molecular weight is 292 g/mol. The van der Waals surface area contributed by atoms with E-state index in [0.717, 1.165) is 23.9 Å². The van der Waals surface area contributed by atoms with E-state index in [4.69, 9.17) is 4.74 Å². The molecule has 0 radical (unpaired) electrons. The summed E-state index contributed by atoms with van der Waals surface area (Å²) in [6, 6.07) is 9.05. The highest BCUT2D eigenvalue weighted by Gasteiger charge is 2.06. The SMILES string of the molecule is CC(C)NCc1cccc(COc2cc(F)ccc2F)n1. The molecule has 2 aromatic rings. The molecule has 0 bridgehead atoms. The zero-order chi connectivity index (χ0) is 15.2. The third-order valence-corrected chi connectivity index (χ3v) is 2.82. The Kier molecular flexibility index (Phi) is 5.22. The molecule has 0 atom stereocenters. The normalized spacial score (nSPS) is 10.9. The van der Waals surface area contributed by atoms with Crippen molar-refractivity contribution in [2.45, 2.75) is 33.0 Å². The third kappa shape index (κ3) is 4.79. The number of aromatic nitrogens is 1. The summed E-state index contributed by atoms with van der Waals surface area (Å²) in [7, 11) is 0. The highest BCUT2D eigenvalue weighted by Crippen LogP contribution is 2.19. The van der Waals surface area contributed by atoms with Gasteiger partial charge in [-0.15, -0.1) is 0 Å². The second-order valence-corrected chi connectivity index (χ2v) is 5.02. The Labute approximate surface area is 123 Å². The van der Waals surface area contributed by atoms with Crippen LogP contribution in [0.4, 0.5) is 8.78 Å². The van der Waals surface area contributed by atoms with Crippen molar-refractivity contribution in [3.8, 4) is 5.75 Å². The van der Waals surface area contributed by atoms with Gasteiger partial charge in [0.25, 0.3) is 0 Å². The molecule has 0 aliphatic rings. The molecule has 3 nitrogen and oxygen atoms in total. The summed E-state index contributed by atoms with van der Waals surface area (Å²) in [5, 5.41) is 3.27. The fourth-order valence-corrected chi connectivity index (χ4v) is 1.76. The van der Waals surface area contributed by atoms with E-state index in [9.17, 15) is 8.78 Å². The Morgan fingerprint density at radius 3 is 2.67 bits per heavy atom. The van der Waals surface area contributed by atoms with E-state index in [1.54, 1.807) is 6.07 Å². The lowest BCUT2D eigenvalue weighted by atomic mass is 10.3. The molecule has 0 spiro atoms. The van der Waals surface area contributed by atoms with Crippen LogP contribution in [0.25, 0.3) is 0 Å². The number of halogens is 2. The van der Waals surface area contributed by atoms with Crippen molar-refractivity contribution >= 4 is 0 Å². The molecule has 21 heavy (non-hydrogen) atoms. The lowest BCUT2D eigenvalue weighted by Gasteiger charge is -2.10. The van der Waals surface area contributed by atoms with Crippen molar-refractivity contribution in [1.29, 1.82) is 0 Å². The minimum absolute atomic E-state index is 0.0931. The van der Waals surface area contributed by atoms with Gasteiger partial charge in [-0.25, -0.2) is 8.78 Å². The molecule has 0 amide bonds. The first-order chi connectivity index (χ1) is 10.0. The van der Waals surface area contributed by atoms with Gasteiger partial charge in [0.15, 0.2) is 11.6 Å². The lowest BCUT2D eigenvalue weighted by Crippen LogP contribution is -2.22. The molecule has 1 heterocycles. The van der Waals surface area contributed by atoms with Gasteiger partial charge in [0.1, 0.15) is 12.4 Å². The van der Waals surface area contributed by atoms with Crippen LogP contribution in [0.3, 0.4) is 0 Å². The molecule has 0 aliphatic carbocycles. The summed E-state index contributed by atoms with van der Waals surface area (Å²) in [5.41, 5.74) is 1.55. The van der Waals surface area contributed by atoms with Gasteiger partial charge in [-0.05, 0) is 24.3 Å². The molecule has 1 aromatic heterocycles. The summed E-state index contributed by atoms with van der Waals surface area (Å²) >= 11 is 0. The second-order valence-electron chi connectivity index (χ2n) is 5.02. The Morgan fingerprint density at radius 1 is 1.14 bits per heavy atom. The quantitative estimate of drug-likeness (QED) is 0.885. The number of rotatable bonds is 6. The van der Waals surface area contributed by atoms with Gasteiger partial charge < -0.3 is 10.1 Å². The van der Waals surface area contributed by atoms with Crippen molar-refractivity contribution < 1.29 is 13.5 Å². The van der Waals surface area contributed by atoms with Crippen molar-refractivity contribution in [1.82, 2.24) is 10.3 Å². The highest BCUT2D eigenvalue weighted by molar-refractivity contribution is 5.25. The number of nitrogens with zero attached hydrogens (tertiary/aromatic N) is 1. The summed E-state index contributed by atoms with van der Waals surface area (Å²) in [5.74, 6) is -1.23. The highest BCUT2D eigenvalue weighted by atomic mass is 19.1. The van der Waals surface area contributed by atoms with E-state index >= 15 is 0 Å². The van der Waals surface area contributed by atoms with Gasteiger partial charge in [-0.2, -0.15) is 0 Å². The second kappa shape index (κ2) is 7.13. The van der Waals surface area contributed by atoms with E-state index in [1.807, 2.05) is 12.1 Å². The van der Waals surface area contributed by atoms with Crippen LogP contribution in [0.2, 0.25) is 0 Å². The number of hydrogen-bond donors (Lipinski definition) is 1. The van der Waals surface area contributed by atoms with Crippen LogP contribution >= 0.6 is 0 Å². The molecule has 112 valence electrons. The third-order valence-electron chi connectivity index (χ3n) is 2.82. The molecule has 0 unspecified atom stereocenters. The van der Waals surface area contributed by atoms with E-state index in [-0.39, 0.29) is 12.4 Å². The smallest absolute Gasteiger partial charge is 0.165 e. The zero-order valence-corrected chi connectivity index (χ0v) is 12.1. The fraction of sp³-hybridized carbons (Fsp3) is 0.312. The van der Waals surface area contributed by atoms with E-state index in [2.05, 4.69) is 24.1 Å². The fourth-order valence-electron chi connectivity index (χ4n) is 1.76. The molecular weight excluding hydrogens is 274 g/mol. The van der Waals surface area contributed by atoms with Gasteiger partial charge in [0.05, 0.1) is 11.4 Å². The Balaban J connectivity index is 1.99. The molecule has 0 saturated heterocycles. The van der Waals surface area contributed by atoms with Crippen LogP contribution in [0.1, 0.15) is 25.2 Å². The largest absolute Gasteiger partial charge is 0.484 e. The predicted molar refractivity (Wildman–Crippen MR) is 76.9 cm³/mol. The van der Waals surface area contributed by atoms with Crippen LogP contribution in [0.15, 0.2) is 36.4 Å². The van der Waals surface area contributed by atoms with E-state index < -0.39 is 11.6 Å². The molecule has 0 aliphatic heterocycles. The van der Waals surface area contributed by atoms with Crippen molar-refractivity contribution in [3.05, 3.63) is 59.4 Å². The first kappa shape index (κ1) is 15.4. The van der Waals surface area contributed by atoms with E-state index in [0.29, 0.717) is 18.3 Å². The summed E-state index contributed by atoms with van der Waals surface area (Å²) in [4.78, 5) is 4.41. The van der Waals surface area contributed by atoms with Gasteiger partial charge in [-0.1, -0.05) is 19.9 Å². The molecule has 0 saturated carbocycles. The Bertz CT molecular complexity index is 603. The van der Waals surface area contributed by atoms with Crippen LogP contribution in [-0.2, 0) is 13.2 Å². The molecule has 0 fully saturated rings. The minimum Gasteiger partial charge on any atom is -0.484 e. The first-order valence-corrected chi connectivity index (χ1v) is 6.80. The Morgan fingerprint density at radius 2 is 1.90 bits per heavy atom. The first-order valence-electron chi connectivity index (χ1n) is 6.80. The summed E-state index contributed by atoms with van der Waals surface area (Å²) < 4.78 is 31.8. The number of pyridine rings is 1. The topological polar surface area (TPSA) is 34.1 Å². The average Bonchev–Trinajstić information content (AvgIpc) is 2.46. The maximum absolute atomic E-state index is 13.4. The molecule has 1 N–H and O–H groups in total. The van der Waals surface area contributed by atoms with Crippen molar-refractivity contribution in [2.24, 2.45) is 0 Å². The van der Waals surface area contributed by atoms with Crippen molar-refractivity contribution in [3.63, 3.8) is 0 Å². The zero-order valence-electron chi connectivity index (χ0n) is 12.1. The number of ether oxygens (including phenoxy) is 1. The standard InChI is InChI=1S/C16H18F2N2O/c1-11(2)19-9-13-4-3-5-14(20-13)10-21-16-8-12(17)6-7-15(16)18/h3-8,11,19H,9-10H2,1-2H3. The number of benzene rings is 1. The van der Waals surface area contributed by atoms with Gasteiger partial charge >= 0.3 is 0 Å². The minimum atomic E-state index is -0.589. The number of nitrogens with one attached hydrogen (secondary N) is 1. The molecule has 2 rings (SSSR count). The lowest BCUT2D eigenvalue weighted by molar-refractivity contribution is 0.283. The van der Waals surface area contributed by atoms with Crippen LogP contribution in [-0.4, -0.2) is 11.0 Å². The summed E-state index contributed by atoms with van der Waals surface area (Å²) in [6.07, 6.45) is 0. The number of hydrogen-bond acceptors (Lipinski definition) is 3.